The van der Waals surface area contributed by atoms with E-state index in [1.54, 1.807) is 7.05 Å². The number of hydrogen-bond acceptors (Lipinski definition) is 2. The van der Waals surface area contributed by atoms with Crippen LogP contribution in [0.4, 0.5) is 13.2 Å². The molecular formula is C17H32F3IN4O. The number of aliphatic imine (C=N–C) groups is 1. The third-order valence-electron chi connectivity index (χ3n) is 4.59. The first kappa shape index (κ1) is 25.3. The molecule has 1 unspecified atom stereocenters. The molecule has 1 rings (SSSR count). The van der Waals surface area contributed by atoms with Gasteiger partial charge in [0.05, 0.1) is 6.54 Å². The fraction of sp³-hybridized carbons (Fsp3) is 0.882. The van der Waals surface area contributed by atoms with Crippen molar-refractivity contribution in [2.24, 2.45) is 10.9 Å². The number of carbonyl (C=O) groups is 1. The first-order chi connectivity index (χ1) is 11.7. The SMILES string of the molecule is CN=C(NCC(=O)N(C)CC(F)(F)F)NC(C)CCC1CCCCC1.I. The summed E-state index contributed by atoms with van der Waals surface area (Å²) in [6.07, 6.45) is 4.38. The fourth-order valence-corrected chi connectivity index (χ4v) is 3.11. The second kappa shape index (κ2) is 12.6. The van der Waals surface area contributed by atoms with Gasteiger partial charge in [0.2, 0.25) is 5.91 Å². The van der Waals surface area contributed by atoms with Crippen LogP contribution in [0.3, 0.4) is 0 Å². The maximum atomic E-state index is 12.3. The second-order valence-corrected chi connectivity index (χ2v) is 6.92. The molecule has 0 aromatic rings. The van der Waals surface area contributed by atoms with Gasteiger partial charge in [-0.1, -0.05) is 32.1 Å². The van der Waals surface area contributed by atoms with Crippen LogP contribution in [0, 0.1) is 5.92 Å². The number of rotatable bonds is 7. The highest BCUT2D eigenvalue weighted by molar-refractivity contribution is 14.0. The van der Waals surface area contributed by atoms with E-state index in [2.05, 4.69) is 15.6 Å². The Labute approximate surface area is 171 Å². The summed E-state index contributed by atoms with van der Waals surface area (Å²) in [5.41, 5.74) is 0. The van der Waals surface area contributed by atoms with Crippen molar-refractivity contribution in [3.8, 4) is 0 Å². The van der Waals surface area contributed by atoms with Crippen molar-refractivity contribution in [1.82, 2.24) is 15.5 Å². The summed E-state index contributed by atoms with van der Waals surface area (Å²) in [6.45, 7) is 0.576. The zero-order chi connectivity index (χ0) is 18.9. The van der Waals surface area contributed by atoms with Gasteiger partial charge in [0.15, 0.2) is 5.96 Å². The molecule has 0 saturated heterocycles. The molecule has 0 spiro atoms. The molecule has 1 atom stereocenters. The highest BCUT2D eigenvalue weighted by Gasteiger charge is 2.31. The zero-order valence-corrected chi connectivity index (χ0v) is 18.2. The lowest BCUT2D eigenvalue weighted by Gasteiger charge is -2.24. The Bertz CT molecular complexity index is 440. The lowest BCUT2D eigenvalue weighted by molar-refractivity contribution is -0.157. The molecule has 0 radical (unpaired) electrons. The summed E-state index contributed by atoms with van der Waals surface area (Å²) < 4.78 is 36.9. The summed E-state index contributed by atoms with van der Waals surface area (Å²) in [6, 6.07) is 0.191. The third-order valence-corrected chi connectivity index (χ3v) is 4.59. The van der Waals surface area contributed by atoms with Crippen molar-refractivity contribution in [1.29, 1.82) is 0 Å². The van der Waals surface area contributed by atoms with E-state index < -0.39 is 18.6 Å². The Morgan fingerprint density at radius 3 is 2.42 bits per heavy atom. The summed E-state index contributed by atoms with van der Waals surface area (Å²) in [7, 11) is 2.72. The number of guanidine groups is 1. The van der Waals surface area contributed by atoms with E-state index in [0.29, 0.717) is 10.9 Å². The number of carbonyl (C=O) groups excluding carboxylic acids is 1. The van der Waals surface area contributed by atoms with Gasteiger partial charge < -0.3 is 15.5 Å². The smallest absolute Gasteiger partial charge is 0.354 e. The van der Waals surface area contributed by atoms with E-state index in [1.165, 1.54) is 38.5 Å². The van der Waals surface area contributed by atoms with Gasteiger partial charge >= 0.3 is 6.18 Å². The molecule has 0 aromatic heterocycles. The topological polar surface area (TPSA) is 56.7 Å². The minimum atomic E-state index is -4.39. The maximum Gasteiger partial charge on any atom is 0.406 e. The Morgan fingerprint density at radius 1 is 1.27 bits per heavy atom. The van der Waals surface area contributed by atoms with Crippen LogP contribution in [0.25, 0.3) is 0 Å². The van der Waals surface area contributed by atoms with E-state index in [9.17, 15) is 18.0 Å². The van der Waals surface area contributed by atoms with Crippen molar-refractivity contribution < 1.29 is 18.0 Å². The molecular weight excluding hydrogens is 460 g/mol. The molecule has 1 saturated carbocycles. The third kappa shape index (κ3) is 11.1. The van der Waals surface area contributed by atoms with Gasteiger partial charge in [0, 0.05) is 20.1 Å². The van der Waals surface area contributed by atoms with Crippen molar-refractivity contribution in [2.75, 3.05) is 27.2 Å². The number of nitrogens with one attached hydrogen (secondary N) is 2. The second-order valence-electron chi connectivity index (χ2n) is 6.92. The number of alkyl halides is 3. The summed E-state index contributed by atoms with van der Waals surface area (Å²) in [4.78, 5) is 16.4. The first-order valence-electron chi connectivity index (χ1n) is 8.99. The van der Waals surface area contributed by atoms with E-state index in [0.717, 1.165) is 19.4 Å². The molecule has 1 amide bonds. The number of hydrogen-bond donors (Lipinski definition) is 2. The van der Waals surface area contributed by atoms with Crippen LogP contribution in [0.1, 0.15) is 51.9 Å². The molecule has 1 aliphatic rings. The number of likely N-dealkylation sites (N-methyl/N-ethyl adjacent to an activating group) is 1. The minimum absolute atomic E-state index is 0. The fourth-order valence-electron chi connectivity index (χ4n) is 3.11. The largest absolute Gasteiger partial charge is 0.406 e. The normalized spacial score (nSPS) is 17.2. The van der Waals surface area contributed by atoms with E-state index in [4.69, 9.17) is 0 Å². The minimum Gasteiger partial charge on any atom is -0.354 e. The quantitative estimate of drug-likeness (QED) is 0.325. The van der Waals surface area contributed by atoms with Gasteiger partial charge in [-0.15, -0.1) is 24.0 Å². The van der Waals surface area contributed by atoms with Gasteiger partial charge in [-0.2, -0.15) is 13.2 Å². The average Bonchev–Trinajstić information content (AvgIpc) is 2.55. The van der Waals surface area contributed by atoms with Crippen LogP contribution in [-0.2, 0) is 4.79 Å². The Hall–Kier alpha value is -0.740. The van der Waals surface area contributed by atoms with Crippen molar-refractivity contribution >= 4 is 35.8 Å². The Kier molecular flexibility index (Phi) is 12.3. The molecule has 9 heteroatoms. The predicted molar refractivity (Wildman–Crippen MR) is 109 cm³/mol. The lowest BCUT2D eigenvalue weighted by Crippen LogP contribution is -2.47. The monoisotopic (exact) mass is 492 g/mol. The Morgan fingerprint density at radius 2 is 1.88 bits per heavy atom. The van der Waals surface area contributed by atoms with Gasteiger partial charge in [0.25, 0.3) is 0 Å². The van der Waals surface area contributed by atoms with Crippen LogP contribution in [0.2, 0.25) is 0 Å². The molecule has 1 aliphatic carbocycles. The van der Waals surface area contributed by atoms with Crippen LogP contribution >= 0.6 is 24.0 Å². The lowest BCUT2D eigenvalue weighted by atomic mass is 9.85. The van der Waals surface area contributed by atoms with Gasteiger partial charge in [-0.25, -0.2) is 0 Å². The van der Waals surface area contributed by atoms with Crippen LogP contribution < -0.4 is 10.6 Å². The summed E-state index contributed by atoms with van der Waals surface area (Å²) >= 11 is 0. The number of amides is 1. The molecule has 2 N–H and O–H groups in total. The molecule has 0 aromatic carbocycles. The number of nitrogens with zero attached hydrogens (tertiary/aromatic N) is 2. The molecule has 26 heavy (non-hydrogen) atoms. The van der Waals surface area contributed by atoms with Crippen LogP contribution in [-0.4, -0.2) is 56.2 Å². The van der Waals surface area contributed by atoms with Crippen LogP contribution in [0.5, 0.6) is 0 Å². The van der Waals surface area contributed by atoms with Crippen LogP contribution in [0.15, 0.2) is 4.99 Å². The highest BCUT2D eigenvalue weighted by atomic mass is 127. The van der Waals surface area contributed by atoms with Crippen molar-refractivity contribution in [3.63, 3.8) is 0 Å². The summed E-state index contributed by atoms with van der Waals surface area (Å²) in [5, 5.41) is 5.98. The van der Waals surface area contributed by atoms with E-state index in [-0.39, 0.29) is 36.6 Å². The molecule has 5 nitrogen and oxygen atoms in total. The molecule has 0 aliphatic heterocycles. The Balaban J connectivity index is 0.00000625. The maximum absolute atomic E-state index is 12.3. The standard InChI is InChI=1S/C17H31F3N4O.HI/c1-13(9-10-14-7-5-4-6-8-14)23-16(21-2)22-11-15(25)24(3)12-17(18,19)20;/h13-14H,4-12H2,1-3H3,(H2,21,22,23);1H. The van der Waals surface area contributed by atoms with Crippen molar-refractivity contribution in [3.05, 3.63) is 0 Å². The first-order valence-corrected chi connectivity index (χ1v) is 8.99. The summed E-state index contributed by atoms with van der Waals surface area (Å²) in [5.74, 6) is 0.602. The van der Waals surface area contributed by atoms with Gasteiger partial charge in [-0.3, -0.25) is 9.79 Å². The molecule has 0 heterocycles. The molecule has 1 fully saturated rings. The van der Waals surface area contributed by atoms with Crippen molar-refractivity contribution in [2.45, 2.75) is 64.1 Å². The van der Waals surface area contributed by atoms with E-state index >= 15 is 0 Å². The molecule has 154 valence electrons. The predicted octanol–water partition coefficient (Wildman–Crippen LogP) is 3.54. The highest BCUT2D eigenvalue weighted by Crippen LogP contribution is 2.27. The zero-order valence-electron chi connectivity index (χ0n) is 15.9. The number of halogens is 4. The molecule has 0 bridgehead atoms. The van der Waals surface area contributed by atoms with E-state index in [1.807, 2.05) is 6.92 Å². The van der Waals surface area contributed by atoms with Gasteiger partial charge in [0.1, 0.15) is 6.54 Å². The van der Waals surface area contributed by atoms with Gasteiger partial charge in [-0.05, 0) is 25.7 Å². The average molecular weight is 492 g/mol.